The molecule has 0 aliphatic carbocycles. The van der Waals surface area contributed by atoms with E-state index in [1.54, 1.807) is 6.08 Å². The lowest BCUT2D eigenvalue weighted by atomic mass is 9.88. The number of unbranched alkanes of at least 4 members (excludes halogenated alkanes) is 31. The van der Waals surface area contributed by atoms with Crippen LogP contribution in [0.1, 0.15) is 258 Å². The monoisotopic (exact) mass is 1340 g/mol. The van der Waals surface area contributed by atoms with E-state index in [9.17, 15) is 75.7 Å². The maximum absolute atomic E-state index is 13.5. The molecule has 3 rings (SSSR count). The predicted molar refractivity (Wildman–Crippen MR) is 357 cm³/mol. The van der Waals surface area contributed by atoms with Crippen molar-refractivity contribution in [3.05, 3.63) is 36.5 Å². The van der Waals surface area contributed by atoms with Gasteiger partial charge in [0.15, 0.2) is 12.6 Å². The van der Waals surface area contributed by atoms with Gasteiger partial charge in [-0.25, -0.2) is 4.79 Å². The Morgan fingerprint density at radius 2 is 1.03 bits per heavy atom. The Hall–Kier alpha value is -3.05. The summed E-state index contributed by atoms with van der Waals surface area (Å²) in [6.07, 6.45) is 24.6. The molecule has 18 unspecified atom stereocenters. The van der Waals surface area contributed by atoms with Gasteiger partial charge in [0, 0.05) is 19.8 Å². The summed E-state index contributed by atoms with van der Waals surface area (Å²) < 4.78 is 34.8. The molecule has 23 heteroatoms. The maximum Gasteiger partial charge on any atom is 0.364 e. The largest absolute Gasteiger partial charge is 0.477 e. The third kappa shape index (κ3) is 32.7. The molecule has 0 bridgehead atoms. The highest BCUT2D eigenvalue weighted by atomic mass is 16.8. The van der Waals surface area contributed by atoms with E-state index in [0.29, 0.717) is 12.8 Å². The minimum atomic E-state index is -3.08. The first kappa shape index (κ1) is 85.2. The number of carboxylic acids is 1. The van der Waals surface area contributed by atoms with E-state index in [0.717, 1.165) is 84.0 Å². The van der Waals surface area contributed by atoms with E-state index in [2.05, 4.69) is 48.8 Å². The van der Waals surface area contributed by atoms with Crippen molar-refractivity contribution < 1.29 is 104 Å². The predicted octanol–water partition coefficient (Wildman–Crippen LogP) is 7.40. The molecule has 0 spiro atoms. The number of aliphatic hydroxyl groups is 11. The molecule has 3 saturated heterocycles. The van der Waals surface area contributed by atoms with Gasteiger partial charge in [-0.1, -0.05) is 224 Å². The molecule has 0 saturated carbocycles. The van der Waals surface area contributed by atoms with Crippen LogP contribution in [0.15, 0.2) is 36.5 Å². The first-order valence-corrected chi connectivity index (χ1v) is 36.4. The average molecular weight is 1350 g/mol. The van der Waals surface area contributed by atoms with Crippen molar-refractivity contribution in [2.75, 3.05) is 26.4 Å². The van der Waals surface area contributed by atoms with Gasteiger partial charge in [0.1, 0.15) is 67.1 Å². The SMILES string of the molecule is CCCCC/C=C\C/C=C\CCCCCCCCCC(=O)NC(COC1OC(CO)C(OC2OC(CO)C(O)C(OC3(C(=O)O)CC(O)C(NC(C)=O)C(C(O)C(O)CO)O3)C2O)C(O)C1O)C(O)/C=C/CCCCCCCCCCCCCCCCCCCCCCC. The van der Waals surface area contributed by atoms with Crippen molar-refractivity contribution >= 4 is 17.8 Å². The molecule has 18 atom stereocenters. The van der Waals surface area contributed by atoms with Gasteiger partial charge in [0.25, 0.3) is 5.79 Å². The quantitative estimate of drug-likeness (QED) is 0.0208. The van der Waals surface area contributed by atoms with Gasteiger partial charge in [0.2, 0.25) is 11.8 Å². The second-order valence-electron chi connectivity index (χ2n) is 26.4. The zero-order valence-corrected chi connectivity index (χ0v) is 57.3. The molecule has 23 nitrogen and oxygen atoms in total. The molecule has 14 N–H and O–H groups in total. The van der Waals surface area contributed by atoms with Gasteiger partial charge < -0.3 is 100 Å². The highest BCUT2D eigenvalue weighted by molar-refractivity contribution is 5.77. The van der Waals surface area contributed by atoms with Crippen LogP contribution in [0, 0.1) is 0 Å². The standard InChI is InChI=1S/C71H128N2O21/c1-4-6-8-10-12-14-16-18-20-22-23-24-25-26-27-29-30-32-34-36-38-40-42-44-53(78)52(73-58(81)45-43-41-39-37-35-33-31-28-21-19-17-15-13-11-9-7-5-2)50-89-68-63(85)62(84)65(57(49-76)91-68)92-69-64(86)67(61(83)56(48-75)90-69)94-71(70(87)88)46-54(79)59(72-51(3)77)66(93-71)60(82)55(80)47-74/h13,15,19,21,42,44,52-57,59-69,74-76,78-80,82-86H,4-12,14,16-18,20,22-41,43,45-50H2,1-3H3,(H,72,77)(H,73,81)(H,87,88)/b15-13-,21-19-,44-42+. The van der Waals surface area contributed by atoms with Crippen LogP contribution >= 0.6 is 0 Å². The van der Waals surface area contributed by atoms with Crippen LogP contribution in [0.4, 0.5) is 0 Å². The third-order valence-electron chi connectivity index (χ3n) is 18.3. The number of carbonyl (C=O) groups is 3. The summed E-state index contributed by atoms with van der Waals surface area (Å²) in [6, 6.07) is -2.63. The molecule has 3 fully saturated rings. The molecule has 0 radical (unpaired) electrons. The number of amides is 2. The summed E-state index contributed by atoms with van der Waals surface area (Å²) in [5, 5.41) is 136. The molecule has 0 aromatic heterocycles. The lowest BCUT2D eigenvalue weighted by Crippen LogP contribution is -2.70. The van der Waals surface area contributed by atoms with Crippen molar-refractivity contribution in [1.82, 2.24) is 10.6 Å². The van der Waals surface area contributed by atoms with Crippen LogP contribution in [-0.4, -0.2) is 215 Å². The lowest BCUT2D eigenvalue weighted by Gasteiger charge is -2.50. The van der Waals surface area contributed by atoms with Gasteiger partial charge in [0.05, 0.1) is 50.7 Å². The highest BCUT2D eigenvalue weighted by Crippen LogP contribution is 2.39. The molecular weight excluding hydrogens is 1220 g/mol. The number of hydrogen-bond donors (Lipinski definition) is 14. The van der Waals surface area contributed by atoms with E-state index in [-0.39, 0.29) is 12.3 Å². The second-order valence-corrected chi connectivity index (χ2v) is 26.4. The summed E-state index contributed by atoms with van der Waals surface area (Å²) in [6.45, 7) is 2.12. The highest BCUT2D eigenvalue weighted by Gasteiger charge is 2.60. The van der Waals surface area contributed by atoms with Crippen LogP contribution in [0.2, 0.25) is 0 Å². The number of ether oxygens (including phenoxy) is 6. The zero-order chi connectivity index (χ0) is 68.9. The minimum absolute atomic E-state index is 0.190. The molecule has 94 heavy (non-hydrogen) atoms. The normalized spacial score (nSPS) is 28.1. The minimum Gasteiger partial charge on any atom is -0.477 e. The van der Waals surface area contributed by atoms with E-state index in [4.69, 9.17) is 28.4 Å². The number of aliphatic carboxylic acids is 1. The van der Waals surface area contributed by atoms with Crippen LogP contribution in [-0.2, 0) is 42.8 Å². The van der Waals surface area contributed by atoms with Crippen molar-refractivity contribution in [2.24, 2.45) is 0 Å². The van der Waals surface area contributed by atoms with Crippen molar-refractivity contribution in [2.45, 2.75) is 368 Å². The number of carbonyl (C=O) groups excluding carboxylic acids is 2. The Labute approximate surface area is 561 Å². The molecule has 548 valence electrons. The van der Waals surface area contributed by atoms with Gasteiger partial charge in [-0.05, 0) is 51.4 Å². The zero-order valence-electron chi connectivity index (χ0n) is 57.3. The molecule has 3 aliphatic heterocycles. The number of aliphatic hydroxyl groups excluding tert-OH is 11. The Bertz CT molecular complexity index is 2040. The topological polar surface area (TPSA) is 373 Å². The summed E-state index contributed by atoms with van der Waals surface area (Å²) >= 11 is 0. The summed E-state index contributed by atoms with van der Waals surface area (Å²) in [7, 11) is 0. The average Bonchev–Trinajstić information content (AvgIpc) is 0.762. The molecule has 0 aromatic carbocycles. The number of rotatable bonds is 55. The number of hydrogen-bond acceptors (Lipinski definition) is 20. The van der Waals surface area contributed by atoms with E-state index in [1.165, 1.54) is 135 Å². The second kappa shape index (κ2) is 51.2. The summed E-state index contributed by atoms with van der Waals surface area (Å²) in [5.74, 6) is -6.15. The first-order chi connectivity index (χ1) is 45.4. The Morgan fingerprint density at radius 1 is 0.564 bits per heavy atom. The van der Waals surface area contributed by atoms with E-state index < -0.39 is 155 Å². The van der Waals surface area contributed by atoms with Crippen LogP contribution in [0.3, 0.4) is 0 Å². The maximum atomic E-state index is 13.5. The Kier molecular flexibility index (Phi) is 46.4. The van der Waals surface area contributed by atoms with E-state index in [1.807, 2.05) is 6.08 Å². The van der Waals surface area contributed by atoms with Gasteiger partial charge in [-0.2, -0.15) is 0 Å². The Balaban J connectivity index is 1.58. The van der Waals surface area contributed by atoms with Gasteiger partial charge >= 0.3 is 5.97 Å². The summed E-state index contributed by atoms with van der Waals surface area (Å²) in [4.78, 5) is 38.6. The van der Waals surface area contributed by atoms with Crippen LogP contribution in [0.5, 0.6) is 0 Å². The first-order valence-electron chi connectivity index (χ1n) is 36.4. The van der Waals surface area contributed by atoms with Crippen molar-refractivity contribution in [3.8, 4) is 0 Å². The van der Waals surface area contributed by atoms with Crippen molar-refractivity contribution in [1.29, 1.82) is 0 Å². The fraction of sp³-hybridized carbons (Fsp3) is 0.873. The number of carboxylic acid groups (broad SMARTS) is 1. The lowest BCUT2D eigenvalue weighted by molar-refractivity contribution is -0.386. The third-order valence-corrected chi connectivity index (χ3v) is 18.3. The number of allylic oxidation sites excluding steroid dienone is 5. The van der Waals surface area contributed by atoms with Crippen LogP contribution in [0.25, 0.3) is 0 Å². The molecule has 0 aromatic rings. The van der Waals surface area contributed by atoms with Crippen molar-refractivity contribution in [3.63, 3.8) is 0 Å². The molecule has 2 amide bonds. The van der Waals surface area contributed by atoms with Gasteiger partial charge in [-0.15, -0.1) is 0 Å². The van der Waals surface area contributed by atoms with Gasteiger partial charge in [-0.3, -0.25) is 9.59 Å². The smallest absolute Gasteiger partial charge is 0.364 e. The fourth-order valence-electron chi connectivity index (χ4n) is 12.5. The van der Waals surface area contributed by atoms with Crippen LogP contribution < -0.4 is 10.6 Å². The number of nitrogens with one attached hydrogen (secondary N) is 2. The molecule has 3 aliphatic rings. The molecular formula is C71H128N2O21. The summed E-state index contributed by atoms with van der Waals surface area (Å²) in [5.41, 5.74) is 0. The molecule has 3 heterocycles. The van der Waals surface area contributed by atoms with E-state index >= 15 is 0 Å². The Morgan fingerprint density at radius 3 is 1.52 bits per heavy atom. The fourth-order valence-corrected chi connectivity index (χ4v) is 12.5.